The lowest BCUT2D eigenvalue weighted by molar-refractivity contribution is -0.116. The molecule has 1 aromatic carbocycles. The van der Waals surface area contributed by atoms with Gasteiger partial charge in [0, 0.05) is 23.9 Å². The van der Waals surface area contributed by atoms with Gasteiger partial charge in [-0.15, -0.1) is 0 Å². The van der Waals surface area contributed by atoms with Crippen molar-refractivity contribution in [2.75, 3.05) is 17.7 Å². The Morgan fingerprint density at radius 2 is 1.91 bits per heavy atom. The molecular formula is C25H30N4O5. The fourth-order valence-corrected chi connectivity index (χ4v) is 3.43. The third-order valence-corrected chi connectivity index (χ3v) is 4.94. The summed E-state index contributed by atoms with van der Waals surface area (Å²) < 4.78 is 10.1. The van der Waals surface area contributed by atoms with Crippen molar-refractivity contribution in [1.29, 1.82) is 0 Å². The highest BCUT2D eigenvalue weighted by Crippen LogP contribution is 2.33. The van der Waals surface area contributed by atoms with Gasteiger partial charge in [0.25, 0.3) is 0 Å². The van der Waals surface area contributed by atoms with Gasteiger partial charge in [0.05, 0.1) is 24.5 Å². The van der Waals surface area contributed by atoms with Crippen molar-refractivity contribution in [2.45, 2.75) is 51.7 Å². The molecule has 0 saturated heterocycles. The standard InChI is InChI=1S/C25H30N4O5/c1-25(2,3)34-24(32)29-19-8-6-5-7-9-22(30)28-20-15-17(27-23(31)33-4)10-11-18(20)16-12-13-26-21(19)14-16/h5-6,10-15,19H,7-9H2,1-4H3,(H,27,31)(H,28,30)(H,29,32)/b6-5-/t19-/m0/s1. The van der Waals surface area contributed by atoms with E-state index in [-0.39, 0.29) is 12.3 Å². The smallest absolute Gasteiger partial charge is 0.411 e. The second-order valence-corrected chi connectivity index (χ2v) is 8.84. The Balaban J connectivity index is 2.00. The van der Waals surface area contributed by atoms with E-state index >= 15 is 0 Å². The molecule has 9 nitrogen and oxygen atoms in total. The fraction of sp³-hybridized carbons (Fsp3) is 0.360. The molecule has 1 aliphatic rings. The summed E-state index contributed by atoms with van der Waals surface area (Å²) in [6.45, 7) is 5.42. The number of anilines is 2. The van der Waals surface area contributed by atoms with E-state index in [1.165, 1.54) is 7.11 Å². The van der Waals surface area contributed by atoms with Crippen LogP contribution in [0.5, 0.6) is 0 Å². The van der Waals surface area contributed by atoms with Crippen molar-refractivity contribution in [2.24, 2.45) is 0 Å². The monoisotopic (exact) mass is 466 g/mol. The highest BCUT2D eigenvalue weighted by atomic mass is 16.6. The number of amides is 3. The summed E-state index contributed by atoms with van der Waals surface area (Å²) in [5, 5.41) is 8.45. The predicted octanol–water partition coefficient (Wildman–Crippen LogP) is 5.17. The molecule has 1 atom stereocenters. The summed E-state index contributed by atoms with van der Waals surface area (Å²) in [6.07, 6.45) is 5.65. The van der Waals surface area contributed by atoms with E-state index in [2.05, 4.69) is 25.7 Å². The number of carbonyl (C=O) groups is 3. The largest absolute Gasteiger partial charge is 0.453 e. The van der Waals surface area contributed by atoms with Crippen molar-refractivity contribution in [3.05, 3.63) is 54.4 Å². The van der Waals surface area contributed by atoms with E-state index in [9.17, 15) is 14.4 Å². The van der Waals surface area contributed by atoms with Gasteiger partial charge in [-0.05, 0) is 63.4 Å². The number of alkyl carbamates (subject to hydrolysis) is 1. The van der Waals surface area contributed by atoms with Crippen molar-refractivity contribution < 1.29 is 23.9 Å². The molecule has 0 radical (unpaired) electrons. The van der Waals surface area contributed by atoms with E-state index in [1.807, 2.05) is 24.3 Å². The maximum Gasteiger partial charge on any atom is 0.411 e. The zero-order chi connectivity index (χ0) is 24.7. The number of allylic oxidation sites excluding steroid dienone is 1. The number of fused-ring (bicyclic) bond motifs is 4. The lowest BCUT2D eigenvalue weighted by Crippen LogP contribution is -2.35. The number of nitrogens with zero attached hydrogens (tertiary/aromatic N) is 1. The second kappa shape index (κ2) is 10.8. The summed E-state index contributed by atoms with van der Waals surface area (Å²) in [6, 6.07) is 8.47. The minimum atomic E-state index is -0.626. The van der Waals surface area contributed by atoms with Crippen molar-refractivity contribution in [3.8, 4) is 11.1 Å². The molecule has 34 heavy (non-hydrogen) atoms. The number of hydrogen-bond donors (Lipinski definition) is 3. The minimum Gasteiger partial charge on any atom is -0.453 e. The van der Waals surface area contributed by atoms with Crippen LogP contribution in [0.15, 0.2) is 48.7 Å². The SMILES string of the molecule is COC(=O)Nc1ccc2c(c1)NC(=O)CC/C=C\C[C@H](NC(=O)OC(C)(C)C)c1cc-2ccn1. The first-order valence-corrected chi connectivity index (χ1v) is 11.0. The molecule has 2 heterocycles. The van der Waals surface area contributed by atoms with E-state index in [0.29, 0.717) is 29.9 Å². The Morgan fingerprint density at radius 3 is 2.65 bits per heavy atom. The first kappa shape index (κ1) is 24.8. The fourth-order valence-electron chi connectivity index (χ4n) is 3.43. The van der Waals surface area contributed by atoms with Crippen molar-refractivity contribution in [1.82, 2.24) is 10.3 Å². The molecule has 1 aliphatic heterocycles. The average Bonchev–Trinajstić information content (AvgIpc) is 2.77. The minimum absolute atomic E-state index is 0.155. The average molecular weight is 467 g/mol. The highest BCUT2D eigenvalue weighted by molar-refractivity contribution is 5.97. The van der Waals surface area contributed by atoms with Crippen LogP contribution in [0.2, 0.25) is 0 Å². The number of nitrogens with one attached hydrogen (secondary N) is 3. The third-order valence-electron chi connectivity index (χ3n) is 4.94. The molecule has 0 aliphatic carbocycles. The summed E-state index contributed by atoms with van der Waals surface area (Å²) >= 11 is 0. The quantitative estimate of drug-likeness (QED) is 0.525. The summed E-state index contributed by atoms with van der Waals surface area (Å²) in [5.74, 6) is -0.155. The van der Waals surface area contributed by atoms with Gasteiger partial charge in [-0.3, -0.25) is 15.1 Å². The predicted molar refractivity (Wildman–Crippen MR) is 129 cm³/mol. The second-order valence-electron chi connectivity index (χ2n) is 8.84. The van der Waals surface area contributed by atoms with Crippen LogP contribution < -0.4 is 16.0 Å². The number of ether oxygens (including phenoxy) is 2. The topological polar surface area (TPSA) is 119 Å². The Hall–Kier alpha value is -3.88. The molecule has 3 rings (SSSR count). The lowest BCUT2D eigenvalue weighted by atomic mass is 10.0. The summed E-state index contributed by atoms with van der Waals surface area (Å²) in [5.41, 5.74) is 2.59. The molecule has 1 aromatic heterocycles. The molecule has 0 fully saturated rings. The highest BCUT2D eigenvalue weighted by Gasteiger charge is 2.22. The van der Waals surface area contributed by atoms with Crippen LogP contribution >= 0.6 is 0 Å². The van der Waals surface area contributed by atoms with Gasteiger partial charge < -0.3 is 20.1 Å². The number of benzene rings is 1. The summed E-state index contributed by atoms with van der Waals surface area (Å²) in [7, 11) is 1.28. The van der Waals surface area contributed by atoms with Crippen molar-refractivity contribution >= 4 is 29.5 Å². The Labute approximate surface area is 198 Å². The third kappa shape index (κ3) is 7.06. The normalized spacial score (nSPS) is 16.9. The van der Waals surface area contributed by atoms with E-state index in [1.54, 1.807) is 45.2 Å². The molecule has 2 aromatic rings. The van der Waals surface area contributed by atoms with Crippen LogP contribution in [-0.4, -0.2) is 35.8 Å². The number of carbonyl (C=O) groups excluding carboxylic acids is 3. The molecular weight excluding hydrogens is 436 g/mol. The Bertz CT molecular complexity index is 1090. The van der Waals surface area contributed by atoms with E-state index in [0.717, 1.165) is 11.1 Å². The van der Waals surface area contributed by atoms with Crippen LogP contribution in [0.3, 0.4) is 0 Å². The number of aromatic nitrogens is 1. The maximum absolute atomic E-state index is 12.6. The van der Waals surface area contributed by atoms with Crippen LogP contribution in [0.1, 0.15) is 51.8 Å². The number of hydrogen-bond acceptors (Lipinski definition) is 6. The van der Waals surface area contributed by atoms with Gasteiger partial charge in [-0.25, -0.2) is 9.59 Å². The van der Waals surface area contributed by atoms with Gasteiger partial charge in [0.15, 0.2) is 0 Å². The molecule has 3 N–H and O–H groups in total. The zero-order valence-electron chi connectivity index (χ0n) is 19.8. The molecule has 0 unspecified atom stereocenters. The Morgan fingerprint density at radius 1 is 1.12 bits per heavy atom. The molecule has 0 saturated carbocycles. The van der Waals surface area contributed by atoms with Crippen LogP contribution in [0, 0.1) is 0 Å². The van der Waals surface area contributed by atoms with Gasteiger partial charge in [-0.2, -0.15) is 0 Å². The summed E-state index contributed by atoms with van der Waals surface area (Å²) in [4.78, 5) is 41.1. The van der Waals surface area contributed by atoms with Gasteiger partial charge in [0.2, 0.25) is 5.91 Å². The molecule has 3 amide bonds. The molecule has 180 valence electrons. The van der Waals surface area contributed by atoms with E-state index < -0.39 is 23.8 Å². The van der Waals surface area contributed by atoms with Gasteiger partial charge in [0.1, 0.15) is 5.60 Å². The van der Waals surface area contributed by atoms with Gasteiger partial charge >= 0.3 is 12.2 Å². The van der Waals surface area contributed by atoms with Gasteiger partial charge in [-0.1, -0.05) is 18.2 Å². The van der Waals surface area contributed by atoms with E-state index in [4.69, 9.17) is 4.74 Å². The number of pyridine rings is 1. The van der Waals surface area contributed by atoms with Crippen LogP contribution in [0.4, 0.5) is 21.0 Å². The zero-order valence-corrected chi connectivity index (χ0v) is 19.8. The van der Waals surface area contributed by atoms with Crippen LogP contribution in [-0.2, 0) is 14.3 Å². The van der Waals surface area contributed by atoms with Crippen molar-refractivity contribution in [3.63, 3.8) is 0 Å². The molecule has 0 spiro atoms. The molecule has 2 bridgehead atoms. The number of methoxy groups -OCH3 is 1. The lowest BCUT2D eigenvalue weighted by Gasteiger charge is -2.23. The van der Waals surface area contributed by atoms with Crippen LogP contribution in [0.25, 0.3) is 11.1 Å². The first-order chi connectivity index (χ1) is 16.1. The first-order valence-electron chi connectivity index (χ1n) is 11.0. The maximum atomic E-state index is 12.6. The molecule has 9 heteroatoms. The number of rotatable bonds is 2. The Kier molecular flexibility index (Phi) is 7.88.